The van der Waals surface area contributed by atoms with E-state index in [9.17, 15) is 9.18 Å². The Bertz CT molecular complexity index is 62.7. The van der Waals surface area contributed by atoms with Crippen molar-refractivity contribution in [3.05, 3.63) is 0 Å². The quantitative estimate of drug-likeness (QED) is 0.490. The van der Waals surface area contributed by atoms with Crippen LogP contribution in [0.25, 0.3) is 0 Å². The van der Waals surface area contributed by atoms with Crippen LogP contribution in [0.5, 0.6) is 0 Å². The number of hydrogen-bond donors (Lipinski definition) is 0. The maximum absolute atomic E-state index is 11.1. The third-order valence-electron chi connectivity index (χ3n) is 0.420. The van der Waals surface area contributed by atoms with Crippen LogP contribution in [0, 0.1) is 0 Å². The van der Waals surface area contributed by atoms with Crippen molar-refractivity contribution in [2.75, 3.05) is 13.2 Å². The van der Waals surface area contributed by atoms with Gasteiger partial charge in [-0.3, -0.25) is 4.79 Å². The Morgan fingerprint density at radius 3 is 2.57 bits per heavy atom. The van der Waals surface area contributed by atoms with Gasteiger partial charge in [0.15, 0.2) is 0 Å². The smallest absolute Gasteiger partial charge is 0.326 e. The van der Waals surface area contributed by atoms with E-state index in [4.69, 9.17) is 0 Å². The van der Waals surface area contributed by atoms with E-state index in [1.54, 1.807) is 6.92 Å². The summed E-state index contributed by atoms with van der Waals surface area (Å²) in [5.41, 5.74) is 0. The first-order chi connectivity index (χ1) is 3.27. The van der Waals surface area contributed by atoms with Crippen molar-refractivity contribution in [3.8, 4) is 0 Å². The van der Waals surface area contributed by atoms with Gasteiger partial charge in [-0.25, -0.2) is 0 Å². The number of rotatable bonds is 3. The summed E-state index contributed by atoms with van der Waals surface area (Å²) in [5, 5.41) is 0. The van der Waals surface area contributed by atoms with Gasteiger partial charge < -0.3 is 4.74 Å². The molecule has 0 unspecified atom stereocenters. The predicted octanol–water partition coefficient (Wildman–Crippen LogP) is 0.519. The van der Waals surface area contributed by atoms with Crippen molar-refractivity contribution < 1.29 is 13.9 Å². The van der Waals surface area contributed by atoms with Gasteiger partial charge in [-0.05, 0) is 6.92 Å². The Labute approximate surface area is 41.3 Å². The number of halogens is 1. The van der Waals surface area contributed by atoms with Gasteiger partial charge in [0.05, 0.1) is 0 Å². The number of carbonyl (C=O) groups excluding carboxylic acids is 1. The zero-order valence-corrected chi connectivity index (χ0v) is 4.11. The van der Waals surface area contributed by atoms with Crippen molar-refractivity contribution in [3.63, 3.8) is 0 Å². The third-order valence-corrected chi connectivity index (χ3v) is 0.420. The monoisotopic (exact) mass is 106 g/mol. The van der Waals surface area contributed by atoms with Crippen molar-refractivity contribution in [1.29, 1.82) is 0 Å². The maximum atomic E-state index is 11.1. The predicted molar refractivity (Wildman–Crippen MR) is 22.6 cm³/mol. The molecule has 0 rings (SSSR count). The lowest BCUT2D eigenvalue weighted by Gasteiger charge is -1.88. The highest BCUT2D eigenvalue weighted by Gasteiger charge is 1.92. The van der Waals surface area contributed by atoms with Gasteiger partial charge in [-0.15, -0.1) is 0 Å². The average molecular weight is 106 g/mol. The zero-order valence-electron chi connectivity index (χ0n) is 4.11. The van der Waals surface area contributed by atoms with Crippen molar-refractivity contribution in [2.45, 2.75) is 6.92 Å². The summed E-state index contributed by atoms with van der Waals surface area (Å²) >= 11 is 0. The fourth-order valence-corrected chi connectivity index (χ4v) is 0.182. The topological polar surface area (TPSA) is 26.3 Å². The molecule has 0 radical (unpaired) electrons. The Balaban J connectivity index is 2.82. The molecule has 0 atom stereocenters. The van der Waals surface area contributed by atoms with Crippen molar-refractivity contribution in [2.24, 2.45) is 0 Å². The SMILES string of the molecule is CCOCC(=O)F. The Kier molecular flexibility index (Phi) is 3.50. The van der Waals surface area contributed by atoms with Crippen LogP contribution in [0.1, 0.15) is 6.92 Å². The summed E-state index contributed by atoms with van der Waals surface area (Å²) in [5.74, 6) is 0. The number of carbonyl (C=O) groups is 1. The molecule has 0 aromatic carbocycles. The van der Waals surface area contributed by atoms with Crippen molar-refractivity contribution in [1.82, 2.24) is 0 Å². The van der Waals surface area contributed by atoms with Gasteiger partial charge in [0.25, 0.3) is 0 Å². The normalized spacial score (nSPS) is 8.86. The first-order valence-electron chi connectivity index (χ1n) is 2.03. The Morgan fingerprint density at radius 2 is 2.43 bits per heavy atom. The highest BCUT2D eigenvalue weighted by atomic mass is 19.1. The van der Waals surface area contributed by atoms with Gasteiger partial charge >= 0.3 is 6.04 Å². The Hall–Kier alpha value is -0.440. The minimum atomic E-state index is -1.41. The molecular weight excluding hydrogens is 99.0 g/mol. The van der Waals surface area contributed by atoms with E-state index in [-0.39, 0.29) is 0 Å². The lowest BCUT2D eigenvalue weighted by atomic mass is 10.7. The van der Waals surface area contributed by atoms with Gasteiger partial charge in [0, 0.05) is 6.61 Å². The molecule has 0 aromatic rings. The molecule has 42 valence electrons. The first-order valence-corrected chi connectivity index (χ1v) is 2.03. The van der Waals surface area contributed by atoms with E-state index in [1.165, 1.54) is 0 Å². The highest BCUT2D eigenvalue weighted by molar-refractivity contribution is 5.69. The van der Waals surface area contributed by atoms with E-state index in [1.807, 2.05) is 0 Å². The van der Waals surface area contributed by atoms with Gasteiger partial charge in [-0.2, -0.15) is 4.39 Å². The molecule has 0 saturated heterocycles. The van der Waals surface area contributed by atoms with E-state index in [0.717, 1.165) is 0 Å². The van der Waals surface area contributed by atoms with Crippen LogP contribution in [0.4, 0.5) is 4.39 Å². The molecule has 0 aliphatic rings. The van der Waals surface area contributed by atoms with Crippen LogP contribution in [-0.2, 0) is 9.53 Å². The molecule has 0 fully saturated rings. The fourth-order valence-electron chi connectivity index (χ4n) is 0.182. The maximum Gasteiger partial charge on any atom is 0.326 e. The minimum Gasteiger partial charge on any atom is -0.371 e. The lowest BCUT2D eigenvalue weighted by Crippen LogP contribution is -2.00. The second kappa shape index (κ2) is 3.74. The molecule has 0 bridgehead atoms. The Morgan fingerprint density at radius 1 is 1.86 bits per heavy atom. The second-order valence-corrected chi connectivity index (χ2v) is 0.992. The van der Waals surface area contributed by atoms with Crippen LogP contribution in [-0.4, -0.2) is 19.3 Å². The number of hydrogen-bond acceptors (Lipinski definition) is 2. The molecule has 7 heavy (non-hydrogen) atoms. The molecule has 3 heteroatoms. The van der Waals surface area contributed by atoms with E-state index < -0.39 is 12.6 Å². The molecule has 0 aliphatic heterocycles. The molecule has 2 nitrogen and oxygen atoms in total. The summed E-state index contributed by atoms with van der Waals surface area (Å²) in [6.45, 7) is 1.68. The molecule has 0 N–H and O–H groups in total. The molecule has 0 aliphatic carbocycles. The standard InChI is InChI=1S/C4H7FO2/c1-2-7-3-4(5)6/h2-3H2,1H3. The van der Waals surface area contributed by atoms with Crippen molar-refractivity contribution >= 4 is 6.04 Å². The molecular formula is C4H7FO2. The fraction of sp³-hybridized carbons (Fsp3) is 0.750. The third kappa shape index (κ3) is 5.56. The van der Waals surface area contributed by atoms with Gasteiger partial charge in [0.2, 0.25) is 0 Å². The summed E-state index contributed by atoms with van der Waals surface area (Å²) in [7, 11) is 0. The van der Waals surface area contributed by atoms with Crippen LogP contribution in [0.2, 0.25) is 0 Å². The molecule has 0 spiro atoms. The van der Waals surface area contributed by atoms with Crippen LogP contribution in [0.3, 0.4) is 0 Å². The van der Waals surface area contributed by atoms with Gasteiger partial charge in [-0.1, -0.05) is 0 Å². The average Bonchev–Trinajstić information content (AvgIpc) is 1.61. The van der Waals surface area contributed by atoms with E-state index in [0.29, 0.717) is 6.61 Å². The molecule has 0 aromatic heterocycles. The van der Waals surface area contributed by atoms with Crippen LogP contribution in [0.15, 0.2) is 0 Å². The molecule has 0 amide bonds. The van der Waals surface area contributed by atoms with E-state index >= 15 is 0 Å². The van der Waals surface area contributed by atoms with Gasteiger partial charge in [0.1, 0.15) is 6.61 Å². The lowest BCUT2D eigenvalue weighted by molar-refractivity contribution is -0.133. The minimum absolute atomic E-state index is 0.385. The largest absolute Gasteiger partial charge is 0.371 e. The summed E-state index contributed by atoms with van der Waals surface area (Å²) < 4.78 is 15.5. The van der Waals surface area contributed by atoms with Crippen LogP contribution >= 0.6 is 0 Å². The summed E-state index contributed by atoms with van der Waals surface area (Å²) in [6, 6.07) is -1.41. The second-order valence-electron chi connectivity index (χ2n) is 0.992. The summed E-state index contributed by atoms with van der Waals surface area (Å²) in [4.78, 5) is 9.41. The molecule has 0 saturated carbocycles. The number of ether oxygens (including phenoxy) is 1. The zero-order chi connectivity index (χ0) is 5.70. The highest BCUT2D eigenvalue weighted by Crippen LogP contribution is 1.75. The van der Waals surface area contributed by atoms with Crippen LogP contribution < -0.4 is 0 Å². The first kappa shape index (κ1) is 6.56. The summed E-state index contributed by atoms with van der Waals surface area (Å²) in [6.07, 6.45) is 0. The van der Waals surface area contributed by atoms with E-state index in [2.05, 4.69) is 4.74 Å². The molecule has 0 heterocycles.